The predicted octanol–water partition coefficient (Wildman–Crippen LogP) is 2.26. The van der Waals surface area contributed by atoms with Gasteiger partial charge >= 0.3 is 5.88 Å². The van der Waals surface area contributed by atoms with Crippen molar-refractivity contribution in [3.05, 3.63) is 63.4 Å². The van der Waals surface area contributed by atoms with Crippen molar-refractivity contribution in [3.8, 4) is 0 Å². The summed E-state index contributed by atoms with van der Waals surface area (Å²) in [5.41, 5.74) is 1.90. The highest BCUT2D eigenvalue weighted by Crippen LogP contribution is 2.15. The number of benzene rings is 1. The third-order valence-electron chi connectivity index (χ3n) is 2.75. The summed E-state index contributed by atoms with van der Waals surface area (Å²) >= 11 is 0. The van der Waals surface area contributed by atoms with E-state index in [4.69, 9.17) is 9.15 Å². The smallest absolute Gasteiger partial charge is 0.395 e. The third kappa shape index (κ3) is 3.90. The number of rotatable bonds is 6. The Hall–Kier alpha value is -2.67. The summed E-state index contributed by atoms with van der Waals surface area (Å²) in [5, 5.41) is 13.1. The molecule has 2 aromatic rings. The normalized spacial score (nSPS) is 10.3. The van der Waals surface area contributed by atoms with E-state index in [0.717, 1.165) is 17.2 Å². The van der Waals surface area contributed by atoms with E-state index < -0.39 is 16.7 Å². The second kappa shape index (κ2) is 6.67. The summed E-state index contributed by atoms with van der Waals surface area (Å²) in [6.45, 7) is 0.789. The first-order chi connectivity index (χ1) is 10.1. The summed E-state index contributed by atoms with van der Waals surface area (Å²) in [4.78, 5) is 21.6. The van der Waals surface area contributed by atoms with E-state index in [9.17, 15) is 14.9 Å². The molecule has 0 atom stereocenters. The highest BCUT2D eigenvalue weighted by molar-refractivity contribution is 5.91. The van der Waals surface area contributed by atoms with Gasteiger partial charge in [0, 0.05) is 13.7 Å². The lowest BCUT2D eigenvalue weighted by atomic mass is 10.1. The molecule has 0 aliphatic carbocycles. The fourth-order valence-electron chi connectivity index (χ4n) is 1.81. The number of carbonyl (C=O) groups excluding carboxylic acids is 1. The maximum Gasteiger partial charge on any atom is 0.433 e. The molecule has 1 aromatic heterocycles. The number of furan rings is 1. The fourth-order valence-corrected chi connectivity index (χ4v) is 1.81. The Labute approximate surface area is 120 Å². The minimum Gasteiger partial charge on any atom is -0.395 e. The van der Waals surface area contributed by atoms with Gasteiger partial charge in [-0.2, -0.15) is 0 Å². The van der Waals surface area contributed by atoms with Crippen molar-refractivity contribution in [3.63, 3.8) is 0 Å². The van der Waals surface area contributed by atoms with Gasteiger partial charge in [-0.05, 0) is 17.2 Å². The van der Waals surface area contributed by atoms with Crippen molar-refractivity contribution in [1.29, 1.82) is 0 Å². The number of nitrogens with one attached hydrogen (secondary N) is 1. The van der Waals surface area contributed by atoms with Crippen LogP contribution in [0.1, 0.15) is 21.7 Å². The minimum absolute atomic E-state index is 0.0882. The fraction of sp³-hybridized carbons (Fsp3) is 0.214. The first-order valence-corrected chi connectivity index (χ1v) is 6.19. The van der Waals surface area contributed by atoms with Gasteiger partial charge < -0.3 is 14.5 Å². The average Bonchev–Trinajstić information content (AvgIpc) is 2.96. The minimum atomic E-state index is -0.689. The zero-order valence-corrected chi connectivity index (χ0v) is 11.4. The van der Waals surface area contributed by atoms with Gasteiger partial charge in [-0.3, -0.25) is 14.9 Å². The Morgan fingerprint density at radius 3 is 2.76 bits per heavy atom. The predicted molar refractivity (Wildman–Crippen MR) is 73.7 cm³/mol. The topological polar surface area (TPSA) is 94.6 Å². The van der Waals surface area contributed by atoms with Gasteiger partial charge in [0.15, 0.2) is 5.76 Å². The van der Waals surface area contributed by atoms with Crippen LogP contribution in [0.4, 0.5) is 5.88 Å². The second-order valence-corrected chi connectivity index (χ2v) is 4.33. The second-order valence-electron chi connectivity index (χ2n) is 4.33. The molecule has 21 heavy (non-hydrogen) atoms. The molecule has 0 saturated heterocycles. The van der Waals surface area contributed by atoms with Gasteiger partial charge in [-0.15, -0.1) is 0 Å². The number of ether oxygens (including phenoxy) is 1. The summed E-state index contributed by atoms with van der Waals surface area (Å²) in [5.74, 6) is -1.04. The van der Waals surface area contributed by atoms with Gasteiger partial charge in [0.05, 0.1) is 12.7 Å². The highest BCUT2D eigenvalue weighted by Gasteiger charge is 2.16. The summed E-state index contributed by atoms with van der Waals surface area (Å²) in [7, 11) is 1.61. The van der Waals surface area contributed by atoms with Gasteiger partial charge in [0.25, 0.3) is 5.91 Å². The maximum atomic E-state index is 11.8. The van der Waals surface area contributed by atoms with Crippen LogP contribution in [0.25, 0.3) is 0 Å². The van der Waals surface area contributed by atoms with E-state index >= 15 is 0 Å². The molecule has 1 N–H and O–H groups in total. The molecule has 0 unspecified atom stereocenters. The van der Waals surface area contributed by atoms with Gasteiger partial charge in [0.2, 0.25) is 0 Å². The molecule has 0 bridgehead atoms. The van der Waals surface area contributed by atoms with Crippen molar-refractivity contribution < 1.29 is 18.9 Å². The largest absolute Gasteiger partial charge is 0.433 e. The summed E-state index contributed by atoms with van der Waals surface area (Å²) in [6.07, 6.45) is 0. The Morgan fingerprint density at radius 1 is 1.33 bits per heavy atom. The Balaban J connectivity index is 1.97. The Kier molecular flexibility index (Phi) is 4.68. The Bertz CT molecular complexity index is 650. The molecule has 7 nitrogen and oxygen atoms in total. The number of carbonyl (C=O) groups is 1. The lowest BCUT2D eigenvalue weighted by molar-refractivity contribution is -0.402. The first-order valence-electron chi connectivity index (χ1n) is 6.19. The molecule has 0 saturated carbocycles. The molecule has 0 aliphatic heterocycles. The number of methoxy groups -OCH3 is 1. The van der Waals surface area contributed by atoms with E-state index in [-0.39, 0.29) is 5.76 Å². The monoisotopic (exact) mass is 290 g/mol. The quantitative estimate of drug-likeness (QED) is 0.650. The lowest BCUT2D eigenvalue weighted by Crippen LogP contribution is -2.22. The van der Waals surface area contributed by atoms with Crippen molar-refractivity contribution in [2.24, 2.45) is 0 Å². The molecule has 1 heterocycles. The molecule has 1 amide bonds. The van der Waals surface area contributed by atoms with Crippen LogP contribution in [0.15, 0.2) is 40.8 Å². The van der Waals surface area contributed by atoms with Crippen LogP contribution in [0.3, 0.4) is 0 Å². The number of hydrogen-bond donors (Lipinski definition) is 1. The van der Waals surface area contributed by atoms with E-state index in [0.29, 0.717) is 13.2 Å². The summed E-state index contributed by atoms with van der Waals surface area (Å²) < 4.78 is 9.86. The average molecular weight is 290 g/mol. The molecular formula is C14H14N2O5. The van der Waals surface area contributed by atoms with E-state index in [1.54, 1.807) is 7.11 Å². The molecule has 7 heteroatoms. The van der Waals surface area contributed by atoms with Gasteiger partial charge in [0.1, 0.15) is 4.92 Å². The van der Waals surface area contributed by atoms with Crippen LogP contribution in [0.2, 0.25) is 0 Å². The van der Waals surface area contributed by atoms with E-state index in [1.165, 1.54) is 6.07 Å². The molecule has 0 aliphatic rings. The van der Waals surface area contributed by atoms with Crippen LogP contribution < -0.4 is 5.32 Å². The van der Waals surface area contributed by atoms with Crippen LogP contribution in [0, 0.1) is 10.1 Å². The van der Waals surface area contributed by atoms with E-state index in [1.807, 2.05) is 24.3 Å². The molecule has 0 fully saturated rings. The number of nitro groups is 1. The van der Waals surface area contributed by atoms with Crippen molar-refractivity contribution in [2.75, 3.05) is 7.11 Å². The number of hydrogen-bond acceptors (Lipinski definition) is 5. The number of nitrogens with zero attached hydrogens (tertiary/aromatic N) is 1. The van der Waals surface area contributed by atoms with Crippen molar-refractivity contribution >= 4 is 11.8 Å². The molecular weight excluding hydrogens is 276 g/mol. The van der Waals surface area contributed by atoms with Gasteiger partial charge in [-0.1, -0.05) is 24.3 Å². The molecule has 110 valence electrons. The SMILES string of the molecule is COCc1cccc(CNC(=O)c2ccc([N+](=O)[O-])o2)c1. The van der Waals surface area contributed by atoms with Crippen LogP contribution in [-0.4, -0.2) is 17.9 Å². The maximum absolute atomic E-state index is 11.8. The summed E-state index contributed by atoms with van der Waals surface area (Å²) in [6, 6.07) is 9.99. The zero-order valence-electron chi connectivity index (χ0n) is 11.4. The molecule has 0 spiro atoms. The van der Waals surface area contributed by atoms with Crippen LogP contribution in [-0.2, 0) is 17.9 Å². The Morgan fingerprint density at radius 2 is 2.10 bits per heavy atom. The van der Waals surface area contributed by atoms with E-state index in [2.05, 4.69) is 5.32 Å². The highest BCUT2D eigenvalue weighted by atomic mass is 16.6. The van der Waals surface area contributed by atoms with Crippen LogP contribution >= 0.6 is 0 Å². The lowest BCUT2D eigenvalue weighted by Gasteiger charge is -2.05. The molecule has 2 rings (SSSR count). The molecule has 0 radical (unpaired) electrons. The van der Waals surface area contributed by atoms with Crippen molar-refractivity contribution in [1.82, 2.24) is 5.32 Å². The van der Waals surface area contributed by atoms with Crippen LogP contribution in [0.5, 0.6) is 0 Å². The first kappa shape index (κ1) is 14.7. The standard InChI is InChI=1S/C14H14N2O5/c1-20-9-11-4-2-3-10(7-11)8-15-14(17)12-5-6-13(21-12)16(18)19/h2-7H,8-9H2,1H3,(H,15,17). The van der Waals surface area contributed by atoms with Gasteiger partial charge in [-0.25, -0.2) is 0 Å². The van der Waals surface area contributed by atoms with Crippen molar-refractivity contribution in [2.45, 2.75) is 13.2 Å². The molecule has 1 aromatic carbocycles. The number of amides is 1. The third-order valence-corrected chi connectivity index (χ3v) is 2.75. The zero-order chi connectivity index (χ0) is 15.2.